The van der Waals surface area contributed by atoms with Gasteiger partial charge in [0.1, 0.15) is 18.4 Å². The summed E-state index contributed by atoms with van der Waals surface area (Å²) in [5.41, 5.74) is 3.37. The van der Waals surface area contributed by atoms with Gasteiger partial charge in [-0.3, -0.25) is 4.79 Å². The Morgan fingerprint density at radius 2 is 1.94 bits per heavy atom. The van der Waals surface area contributed by atoms with Gasteiger partial charge in [0.15, 0.2) is 5.78 Å². The number of thioether (sulfide) groups is 1. The highest BCUT2D eigenvalue weighted by Crippen LogP contribution is 2.47. The fraction of sp³-hybridized carbons (Fsp3) is 0.370. The Hall–Kier alpha value is -2.77. The molecule has 3 aromatic rings. The third-order valence-corrected chi connectivity index (χ3v) is 7.71. The number of benzene rings is 2. The smallest absolute Gasteiger partial charge is 0.227 e. The van der Waals surface area contributed by atoms with Crippen LogP contribution in [-0.4, -0.2) is 26.3 Å². The van der Waals surface area contributed by atoms with Crippen molar-refractivity contribution in [3.63, 3.8) is 0 Å². The molecule has 5 rings (SSSR count). The van der Waals surface area contributed by atoms with Gasteiger partial charge in [0.2, 0.25) is 11.1 Å². The first-order valence-electron chi connectivity index (χ1n) is 11.9. The Bertz CT molecular complexity index is 1300. The molecule has 2 aliphatic rings. The topological polar surface area (TPSA) is 69.0 Å². The number of Topliss-reactive ketones (excluding diaryl/α,β-unsaturated/α-hetero) is 1. The zero-order chi connectivity index (χ0) is 24.6. The molecule has 0 fully saturated rings. The van der Waals surface area contributed by atoms with Gasteiger partial charge in [-0.05, 0) is 30.4 Å². The van der Waals surface area contributed by atoms with Crippen molar-refractivity contribution in [2.75, 3.05) is 11.1 Å². The molecule has 182 valence electrons. The number of hydrogen-bond acceptors (Lipinski definition) is 6. The third kappa shape index (κ3) is 4.84. The van der Waals surface area contributed by atoms with E-state index in [0.717, 1.165) is 41.0 Å². The van der Waals surface area contributed by atoms with E-state index in [0.29, 0.717) is 34.9 Å². The van der Waals surface area contributed by atoms with E-state index in [4.69, 9.17) is 26.4 Å². The summed E-state index contributed by atoms with van der Waals surface area (Å²) in [6.45, 7) is 6.73. The van der Waals surface area contributed by atoms with E-state index >= 15 is 0 Å². The van der Waals surface area contributed by atoms with Gasteiger partial charge in [0, 0.05) is 39.6 Å². The van der Waals surface area contributed by atoms with E-state index in [9.17, 15) is 4.79 Å². The van der Waals surface area contributed by atoms with Crippen LogP contribution in [0.4, 0.5) is 5.95 Å². The van der Waals surface area contributed by atoms with Crippen molar-refractivity contribution < 1.29 is 9.53 Å². The molecule has 0 bridgehead atoms. The van der Waals surface area contributed by atoms with Crippen LogP contribution < -0.4 is 10.1 Å². The first kappa shape index (κ1) is 23.9. The number of allylic oxidation sites excluding steroid dienone is 2. The van der Waals surface area contributed by atoms with E-state index in [2.05, 4.69) is 26.1 Å². The van der Waals surface area contributed by atoms with Gasteiger partial charge in [-0.25, -0.2) is 4.68 Å². The normalized spacial score (nSPS) is 18.6. The zero-order valence-electron chi connectivity index (χ0n) is 20.2. The number of nitrogens with one attached hydrogen (secondary N) is 1. The van der Waals surface area contributed by atoms with Crippen LogP contribution in [0.1, 0.15) is 57.2 Å². The van der Waals surface area contributed by atoms with Gasteiger partial charge in [-0.15, -0.1) is 5.10 Å². The molecule has 2 aromatic carbocycles. The molecule has 1 aromatic heterocycles. The van der Waals surface area contributed by atoms with Crippen molar-refractivity contribution in [3.8, 4) is 5.75 Å². The zero-order valence-corrected chi connectivity index (χ0v) is 21.7. The van der Waals surface area contributed by atoms with E-state index in [1.54, 1.807) is 11.8 Å². The second-order valence-electron chi connectivity index (χ2n) is 9.79. The highest BCUT2D eigenvalue weighted by Gasteiger charge is 2.42. The molecule has 0 saturated heterocycles. The van der Waals surface area contributed by atoms with Crippen LogP contribution in [-0.2, 0) is 11.4 Å². The van der Waals surface area contributed by atoms with Crippen molar-refractivity contribution in [1.29, 1.82) is 0 Å². The molecule has 2 heterocycles. The van der Waals surface area contributed by atoms with Crippen LogP contribution in [0.3, 0.4) is 0 Å². The van der Waals surface area contributed by atoms with Crippen LogP contribution in [0.15, 0.2) is 65.0 Å². The number of hydrogen-bond donors (Lipinski definition) is 1. The van der Waals surface area contributed by atoms with Gasteiger partial charge in [-0.1, -0.05) is 80.5 Å². The van der Waals surface area contributed by atoms with Gasteiger partial charge in [-0.2, -0.15) is 4.98 Å². The largest absolute Gasteiger partial charge is 0.488 e. The summed E-state index contributed by atoms with van der Waals surface area (Å²) in [4.78, 5) is 18.3. The Balaban J connectivity index is 1.58. The van der Waals surface area contributed by atoms with Crippen LogP contribution in [0.2, 0.25) is 5.02 Å². The third-order valence-electron chi connectivity index (χ3n) is 6.30. The molecule has 1 unspecified atom stereocenters. The SMILES string of the molecule is CCCSc1nc2n(n1)C(c1ccccc1OCc1ccccc1Cl)C1=C(CC(C)(C)CC1=O)N2. The molecule has 1 aliphatic carbocycles. The van der Waals surface area contributed by atoms with Gasteiger partial charge in [0.05, 0.1) is 0 Å². The molecular weight excluding hydrogens is 480 g/mol. The number of halogens is 1. The fourth-order valence-corrected chi connectivity index (χ4v) is 5.61. The molecule has 0 radical (unpaired) electrons. The van der Waals surface area contributed by atoms with E-state index in [1.807, 2.05) is 53.2 Å². The number of nitrogens with zero attached hydrogens (tertiary/aromatic N) is 3. The molecule has 0 saturated carbocycles. The maximum absolute atomic E-state index is 13.5. The van der Waals surface area contributed by atoms with Crippen molar-refractivity contribution in [2.45, 2.75) is 57.8 Å². The second-order valence-corrected chi connectivity index (χ2v) is 11.3. The highest BCUT2D eigenvalue weighted by molar-refractivity contribution is 7.99. The summed E-state index contributed by atoms with van der Waals surface area (Å²) in [6.07, 6.45) is 2.30. The summed E-state index contributed by atoms with van der Waals surface area (Å²) in [5, 5.41) is 9.64. The van der Waals surface area contributed by atoms with E-state index in [1.165, 1.54) is 0 Å². The number of aromatic nitrogens is 3. The molecule has 1 N–H and O–H groups in total. The summed E-state index contributed by atoms with van der Waals surface area (Å²) < 4.78 is 8.15. The molecule has 6 nitrogen and oxygen atoms in total. The molecule has 1 aliphatic heterocycles. The lowest BCUT2D eigenvalue weighted by Gasteiger charge is -2.38. The van der Waals surface area contributed by atoms with Gasteiger partial charge < -0.3 is 10.1 Å². The summed E-state index contributed by atoms with van der Waals surface area (Å²) in [7, 11) is 0. The predicted octanol–water partition coefficient (Wildman–Crippen LogP) is 6.67. The second kappa shape index (κ2) is 9.70. The number of carbonyl (C=O) groups is 1. The minimum Gasteiger partial charge on any atom is -0.488 e. The van der Waals surface area contributed by atoms with E-state index in [-0.39, 0.29) is 11.2 Å². The van der Waals surface area contributed by atoms with Crippen LogP contribution in [0, 0.1) is 5.41 Å². The minimum absolute atomic E-state index is 0.116. The predicted molar refractivity (Wildman–Crippen MR) is 140 cm³/mol. The Morgan fingerprint density at radius 3 is 2.74 bits per heavy atom. The summed E-state index contributed by atoms with van der Waals surface area (Å²) in [6, 6.07) is 15.1. The van der Waals surface area contributed by atoms with Gasteiger partial charge >= 0.3 is 0 Å². The maximum atomic E-state index is 13.5. The number of fused-ring (bicyclic) bond motifs is 1. The lowest BCUT2D eigenvalue weighted by atomic mass is 9.73. The standard InChI is InChI=1S/C27H29ClN4O2S/c1-4-13-35-26-30-25-29-20-14-27(2,3)15-21(33)23(20)24(32(25)31-26)18-10-6-8-12-22(18)34-16-17-9-5-7-11-19(17)28/h5-12,24H,4,13-16H2,1-3H3,(H,29,30,31). The molecule has 0 spiro atoms. The number of anilines is 1. The molecule has 35 heavy (non-hydrogen) atoms. The van der Waals surface area contributed by atoms with Crippen molar-refractivity contribution in [3.05, 3.63) is 76.0 Å². The van der Waals surface area contributed by atoms with Crippen molar-refractivity contribution >= 4 is 35.1 Å². The lowest BCUT2D eigenvalue weighted by Crippen LogP contribution is -2.36. The van der Waals surface area contributed by atoms with Gasteiger partial charge in [0.25, 0.3) is 0 Å². The summed E-state index contributed by atoms with van der Waals surface area (Å²) >= 11 is 7.99. The highest BCUT2D eigenvalue weighted by atomic mass is 35.5. The molecular formula is C27H29ClN4O2S. The molecule has 0 amide bonds. The maximum Gasteiger partial charge on any atom is 0.227 e. The first-order valence-corrected chi connectivity index (χ1v) is 13.3. The Labute approximate surface area is 215 Å². The first-order chi connectivity index (χ1) is 16.9. The lowest BCUT2D eigenvalue weighted by molar-refractivity contribution is -0.118. The van der Waals surface area contributed by atoms with Crippen LogP contribution >= 0.6 is 23.4 Å². The minimum atomic E-state index is -0.407. The molecule has 1 atom stereocenters. The molecule has 8 heteroatoms. The quantitative estimate of drug-likeness (QED) is 0.359. The number of rotatable bonds is 7. The van der Waals surface area contributed by atoms with Crippen LogP contribution in [0.25, 0.3) is 0 Å². The summed E-state index contributed by atoms with van der Waals surface area (Å²) in [5.74, 6) is 2.44. The Morgan fingerprint density at radius 1 is 1.17 bits per heavy atom. The van der Waals surface area contributed by atoms with E-state index < -0.39 is 6.04 Å². The monoisotopic (exact) mass is 508 g/mol. The average Bonchev–Trinajstić information content (AvgIpc) is 3.23. The number of carbonyl (C=O) groups excluding carboxylic acids is 1. The van der Waals surface area contributed by atoms with Crippen LogP contribution in [0.5, 0.6) is 5.75 Å². The Kier molecular flexibility index (Phi) is 6.64. The number of ketones is 1. The van der Waals surface area contributed by atoms with Crippen molar-refractivity contribution in [2.24, 2.45) is 5.41 Å². The average molecular weight is 509 g/mol. The fourth-order valence-electron chi connectivity index (χ4n) is 4.74. The number of ether oxygens (including phenoxy) is 1. The number of para-hydroxylation sites is 1. The van der Waals surface area contributed by atoms with Crippen molar-refractivity contribution in [1.82, 2.24) is 14.8 Å².